The molecule has 0 atom stereocenters. The van der Waals surface area contributed by atoms with Crippen molar-refractivity contribution in [1.82, 2.24) is 9.55 Å². The van der Waals surface area contributed by atoms with Gasteiger partial charge in [-0.2, -0.15) is 0 Å². The van der Waals surface area contributed by atoms with E-state index in [1.807, 2.05) is 12.5 Å². The Morgan fingerprint density at radius 3 is 2.41 bits per heavy atom. The summed E-state index contributed by atoms with van der Waals surface area (Å²) in [7, 11) is 0. The fourth-order valence-electron chi connectivity index (χ4n) is 2.96. The first kappa shape index (κ1) is 11.3. The minimum absolute atomic E-state index is 0.284. The largest absolute Gasteiger partial charge is 0.333 e. The Labute approximate surface area is 103 Å². The second-order valence-corrected chi connectivity index (χ2v) is 6.49. The molecule has 0 bridgehead atoms. The van der Waals surface area contributed by atoms with E-state index in [0.717, 1.165) is 24.3 Å². The molecule has 0 unspecified atom stereocenters. The van der Waals surface area contributed by atoms with E-state index in [1.54, 1.807) is 0 Å². The highest BCUT2D eigenvalue weighted by Crippen LogP contribution is 2.50. The van der Waals surface area contributed by atoms with Crippen LogP contribution in [0.4, 0.5) is 0 Å². The standard InChI is InChI=1S/C14H23N3/c1-14(2,15)13-7-16-9-17(13)8-12(10-3-4-10)11-5-6-11/h7,9-12H,3-6,8,15H2,1-2H3. The van der Waals surface area contributed by atoms with Gasteiger partial charge in [-0.05, 0) is 57.3 Å². The van der Waals surface area contributed by atoms with Crippen molar-refractivity contribution in [3.05, 3.63) is 18.2 Å². The molecule has 94 valence electrons. The first-order valence-electron chi connectivity index (χ1n) is 6.85. The summed E-state index contributed by atoms with van der Waals surface area (Å²) < 4.78 is 2.29. The number of rotatable bonds is 5. The second kappa shape index (κ2) is 3.84. The van der Waals surface area contributed by atoms with Crippen molar-refractivity contribution in [1.29, 1.82) is 0 Å². The summed E-state index contributed by atoms with van der Waals surface area (Å²) in [5, 5.41) is 0. The minimum atomic E-state index is -0.284. The average Bonchev–Trinajstić information content (AvgIpc) is 3.13. The van der Waals surface area contributed by atoms with Gasteiger partial charge < -0.3 is 10.3 Å². The molecule has 2 aliphatic rings. The molecule has 2 aliphatic carbocycles. The maximum absolute atomic E-state index is 6.20. The van der Waals surface area contributed by atoms with Gasteiger partial charge in [0.1, 0.15) is 0 Å². The first-order valence-corrected chi connectivity index (χ1v) is 6.85. The lowest BCUT2D eigenvalue weighted by Crippen LogP contribution is -2.32. The van der Waals surface area contributed by atoms with Gasteiger partial charge in [0.2, 0.25) is 0 Å². The maximum Gasteiger partial charge on any atom is 0.0948 e. The van der Waals surface area contributed by atoms with Crippen LogP contribution in [0.5, 0.6) is 0 Å². The molecule has 0 spiro atoms. The van der Waals surface area contributed by atoms with Crippen molar-refractivity contribution < 1.29 is 0 Å². The number of aromatic nitrogens is 2. The van der Waals surface area contributed by atoms with Gasteiger partial charge in [0.25, 0.3) is 0 Å². The number of nitrogens with two attached hydrogens (primary N) is 1. The van der Waals surface area contributed by atoms with Crippen LogP contribution in [0.2, 0.25) is 0 Å². The van der Waals surface area contributed by atoms with Gasteiger partial charge in [-0.25, -0.2) is 4.98 Å². The molecule has 1 aromatic rings. The Hall–Kier alpha value is -0.830. The molecule has 0 aliphatic heterocycles. The topological polar surface area (TPSA) is 43.8 Å². The van der Waals surface area contributed by atoms with Gasteiger partial charge in [0.15, 0.2) is 0 Å². The third kappa shape index (κ3) is 2.39. The molecule has 3 rings (SSSR count). The summed E-state index contributed by atoms with van der Waals surface area (Å²) in [6, 6.07) is 0. The third-order valence-electron chi connectivity index (χ3n) is 4.23. The van der Waals surface area contributed by atoms with Crippen LogP contribution in [0.15, 0.2) is 12.5 Å². The molecule has 2 saturated carbocycles. The summed E-state index contributed by atoms with van der Waals surface area (Å²) in [5.41, 5.74) is 7.09. The van der Waals surface area contributed by atoms with Crippen LogP contribution in [0.25, 0.3) is 0 Å². The van der Waals surface area contributed by atoms with E-state index in [-0.39, 0.29) is 5.54 Å². The van der Waals surface area contributed by atoms with Crippen molar-refractivity contribution in [2.75, 3.05) is 0 Å². The van der Waals surface area contributed by atoms with E-state index < -0.39 is 0 Å². The zero-order chi connectivity index (χ0) is 12.0. The maximum atomic E-state index is 6.20. The van der Waals surface area contributed by atoms with Gasteiger partial charge >= 0.3 is 0 Å². The number of imidazole rings is 1. The predicted octanol–water partition coefficient (Wildman–Crippen LogP) is 2.51. The van der Waals surface area contributed by atoms with Gasteiger partial charge in [-0.15, -0.1) is 0 Å². The lowest BCUT2D eigenvalue weighted by atomic mass is 9.96. The molecular formula is C14H23N3. The molecule has 17 heavy (non-hydrogen) atoms. The minimum Gasteiger partial charge on any atom is -0.333 e. The zero-order valence-corrected chi connectivity index (χ0v) is 10.9. The molecule has 0 saturated heterocycles. The molecule has 0 aromatic carbocycles. The summed E-state index contributed by atoms with van der Waals surface area (Å²) in [5.74, 6) is 2.85. The molecule has 1 aromatic heterocycles. The molecule has 3 heteroatoms. The van der Waals surface area contributed by atoms with E-state index in [2.05, 4.69) is 23.4 Å². The monoisotopic (exact) mass is 233 g/mol. The normalized spacial score (nSPS) is 21.2. The van der Waals surface area contributed by atoms with Crippen LogP contribution in [0, 0.1) is 17.8 Å². The molecule has 1 heterocycles. The van der Waals surface area contributed by atoms with Gasteiger partial charge in [-0.1, -0.05) is 0 Å². The molecule has 2 N–H and O–H groups in total. The smallest absolute Gasteiger partial charge is 0.0948 e. The molecule has 0 amide bonds. The summed E-state index contributed by atoms with van der Waals surface area (Å²) in [4.78, 5) is 4.28. The van der Waals surface area contributed by atoms with Crippen molar-refractivity contribution in [3.8, 4) is 0 Å². The Balaban J connectivity index is 1.77. The van der Waals surface area contributed by atoms with Gasteiger partial charge in [-0.3, -0.25) is 0 Å². The Morgan fingerprint density at radius 1 is 1.35 bits per heavy atom. The highest BCUT2D eigenvalue weighted by molar-refractivity contribution is 5.10. The first-order chi connectivity index (χ1) is 8.05. The van der Waals surface area contributed by atoms with Crippen LogP contribution in [0.1, 0.15) is 45.2 Å². The van der Waals surface area contributed by atoms with Crippen molar-refractivity contribution >= 4 is 0 Å². The fourth-order valence-corrected chi connectivity index (χ4v) is 2.96. The molecular weight excluding hydrogens is 210 g/mol. The highest BCUT2D eigenvalue weighted by atomic mass is 15.1. The van der Waals surface area contributed by atoms with Gasteiger partial charge in [0.05, 0.1) is 17.6 Å². The van der Waals surface area contributed by atoms with E-state index >= 15 is 0 Å². The van der Waals surface area contributed by atoms with Crippen LogP contribution >= 0.6 is 0 Å². The van der Waals surface area contributed by atoms with Crippen molar-refractivity contribution in [3.63, 3.8) is 0 Å². The summed E-state index contributed by atoms with van der Waals surface area (Å²) >= 11 is 0. The van der Waals surface area contributed by atoms with Crippen LogP contribution in [0.3, 0.4) is 0 Å². The third-order valence-corrected chi connectivity index (χ3v) is 4.23. The van der Waals surface area contributed by atoms with E-state index in [9.17, 15) is 0 Å². The lowest BCUT2D eigenvalue weighted by Gasteiger charge is -2.24. The number of hydrogen-bond donors (Lipinski definition) is 1. The van der Waals surface area contributed by atoms with E-state index in [0.29, 0.717) is 0 Å². The Bertz CT molecular complexity index is 382. The van der Waals surface area contributed by atoms with Crippen LogP contribution in [-0.4, -0.2) is 9.55 Å². The summed E-state index contributed by atoms with van der Waals surface area (Å²) in [6.45, 7) is 5.25. The van der Waals surface area contributed by atoms with E-state index in [4.69, 9.17) is 5.73 Å². The summed E-state index contributed by atoms with van der Waals surface area (Å²) in [6.07, 6.45) is 9.65. The van der Waals surface area contributed by atoms with Crippen molar-refractivity contribution in [2.24, 2.45) is 23.5 Å². The quantitative estimate of drug-likeness (QED) is 0.849. The fraction of sp³-hybridized carbons (Fsp3) is 0.786. The van der Waals surface area contributed by atoms with Crippen molar-refractivity contribution in [2.45, 2.75) is 51.6 Å². The SMILES string of the molecule is CC(C)(N)c1cncn1CC(C1CC1)C1CC1. The zero-order valence-electron chi connectivity index (χ0n) is 10.9. The predicted molar refractivity (Wildman–Crippen MR) is 68.4 cm³/mol. The Morgan fingerprint density at radius 2 is 1.94 bits per heavy atom. The average molecular weight is 233 g/mol. The van der Waals surface area contributed by atoms with Crippen LogP contribution in [-0.2, 0) is 12.1 Å². The number of hydrogen-bond acceptors (Lipinski definition) is 2. The van der Waals surface area contributed by atoms with Crippen LogP contribution < -0.4 is 5.73 Å². The highest BCUT2D eigenvalue weighted by Gasteiger charge is 2.41. The molecule has 0 radical (unpaired) electrons. The van der Waals surface area contributed by atoms with Gasteiger partial charge in [0, 0.05) is 12.7 Å². The lowest BCUT2D eigenvalue weighted by molar-refractivity contribution is 0.334. The Kier molecular flexibility index (Phi) is 2.54. The molecule has 2 fully saturated rings. The second-order valence-electron chi connectivity index (χ2n) is 6.49. The number of nitrogens with zero attached hydrogens (tertiary/aromatic N) is 2. The van der Waals surface area contributed by atoms with E-state index in [1.165, 1.54) is 31.4 Å². The molecule has 3 nitrogen and oxygen atoms in total.